The van der Waals surface area contributed by atoms with Gasteiger partial charge in [-0.2, -0.15) is 0 Å². The number of rotatable bonds is 6. The van der Waals surface area contributed by atoms with Gasteiger partial charge in [-0.15, -0.1) is 0 Å². The van der Waals surface area contributed by atoms with Crippen LogP contribution in [0.3, 0.4) is 0 Å². The minimum Gasteiger partial charge on any atom is -0.507 e. The van der Waals surface area contributed by atoms with Crippen LogP contribution in [0.5, 0.6) is 5.75 Å². The van der Waals surface area contributed by atoms with E-state index in [1.54, 1.807) is 5.56 Å². The monoisotopic (exact) mass is 400 g/mol. The zero-order valence-corrected chi connectivity index (χ0v) is 21.3. The normalized spacial score (nSPS) is 15.7. The molecule has 0 atom stereocenters. The van der Waals surface area contributed by atoms with Crippen molar-refractivity contribution in [2.45, 2.75) is 125 Å². The lowest BCUT2D eigenvalue weighted by molar-refractivity contribution is 0.173. The Kier molecular flexibility index (Phi) is 7.24. The molecule has 2 rings (SSSR count). The van der Waals surface area contributed by atoms with Gasteiger partial charge >= 0.3 is 0 Å². The molecule has 1 aromatic carbocycles. The fourth-order valence-electron chi connectivity index (χ4n) is 6.37. The van der Waals surface area contributed by atoms with Crippen molar-refractivity contribution in [3.8, 4) is 5.75 Å². The summed E-state index contributed by atoms with van der Waals surface area (Å²) in [7, 11) is 0. The fourth-order valence-corrected chi connectivity index (χ4v) is 6.37. The third-order valence-corrected chi connectivity index (χ3v) is 7.43. The topological polar surface area (TPSA) is 20.2 Å². The lowest BCUT2D eigenvalue weighted by Gasteiger charge is -2.48. The number of aromatic hydroxyl groups is 1. The minimum atomic E-state index is -0.0670. The average molecular weight is 401 g/mol. The molecule has 0 fully saturated rings. The van der Waals surface area contributed by atoms with Gasteiger partial charge in [-0.1, -0.05) is 76.2 Å². The van der Waals surface area contributed by atoms with Crippen molar-refractivity contribution in [2.75, 3.05) is 0 Å². The van der Waals surface area contributed by atoms with Crippen LogP contribution < -0.4 is 0 Å². The van der Waals surface area contributed by atoms with Crippen LogP contribution in [-0.4, -0.2) is 5.11 Å². The zero-order valence-electron chi connectivity index (χ0n) is 21.3. The van der Waals surface area contributed by atoms with E-state index in [1.165, 1.54) is 41.5 Å². The molecule has 166 valence electrons. The molecule has 0 aliphatic heterocycles. The second-order valence-electron chi connectivity index (χ2n) is 12.0. The second kappa shape index (κ2) is 8.64. The number of benzene rings is 1. The molecule has 1 nitrogen and oxygen atoms in total. The Morgan fingerprint density at radius 3 is 1.62 bits per heavy atom. The van der Waals surface area contributed by atoms with E-state index in [1.807, 2.05) is 0 Å². The first-order valence-corrected chi connectivity index (χ1v) is 12.2. The third kappa shape index (κ3) is 4.26. The molecule has 1 aliphatic rings. The van der Waals surface area contributed by atoms with Gasteiger partial charge in [-0.25, -0.2) is 0 Å². The number of phenolic OH excluding ortho intramolecular Hbond substituents is 1. The van der Waals surface area contributed by atoms with E-state index in [9.17, 15) is 5.11 Å². The molecular formula is C28H48O. The van der Waals surface area contributed by atoms with Gasteiger partial charge in [-0.3, -0.25) is 0 Å². The standard InChI is InChI=1S/C28H48O/c1-17(2)16-28(19(5)6,20(7)8)24-21-14-12-13-15-22(21)26(29)25(27(9,10)11)23(24)18(3)4/h17-20,29H,12-16H2,1-11H3. The molecule has 1 aliphatic carbocycles. The van der Waals surface area contributed by atoms with Crippen LogP contribution >= 0.6 is 0 Å². The zero-order chi connectivity index (χ0) is 22.3. The maximum absolute atomic E-state index is 11.5. The highest BCUT2D eigenvalue weighted by Gasteiger charge is 2.45. The Bertz CT molecular complexity index is 705. The van der Waals surface area contributed by atoms with Crippen LogP contribution in [0.1, 0.15) is 129 Å². The molecule has 29 heavy (non-hydrogen) atoms. The van der Waals surface area contributed by atoms with Crippen LogP contribution in [0.25, 0.3) is 0 Å². The lowest BCUT2D eigenvalue weighted by Crippen LogP contribution is -2.42. The number of hydrogen-bond acceptors (Lipinski definition) is 1. The SMILES string of the molecule is CC(C)CC(c1c2c(c(O)c(C(C)(C)C)c1C(C)C)CCCC2)(C(C)C)C(C)C. The number of hydrogen-bond donors (Lipinski definition) is 1. The summed E-state index contributed by atoms with van der Waals surface area (Å²) >= 11 is 0. The molecule has 0 saturated heterocycles. The Morgan fingerprint density at radius 1 is 0.759 bits per heavy atom. The Hall–Kier alpha value is -0.980. The van der Waals surface area contributed by atoms with Gasteiger partial charge in [0.1, 0.15) is 5.75 Å². The van der Waals surface area contributed by atoms with Gasteiger partial charge in [-0.05, 0) is 83.4 Å². The van der Waals surface area contributed by atoms with Crippen molar-refractivity contribution in [2.24, 2.45) is 17.8 Å². The van der Waals surface area contributed by atoms with E-state index in [4.69, 9.17) is 0 Å². The minimum absolute atomic E-state index is 0.0670. The highest BCUT2D eigenvalue weighted by Crippen LogP contribution is 2.54. The molecule has 1 N–H and O–H groups in total. The molecule has 0 bridgehead atoms. The van der Waals surface area contributed by atoms with Gasteiger partial charge in [0.2, 0.25) is 0 Å². The van der Waals surface area contributed by atoms with Crippen molar-refractivity contribution >= 4 is 0 Å². The van der Waals surface area contributed by atoms with Crippen LogP contribution in [0.4, 0.5) is 0 Å². The summed E-state index contributed by atoms with van der Waals surface area (Å²) < 4.78 is 0. The predicted molar refractivity (Wildman–Crippen MR) is 128 cm³/mol. The number of fused-ring (bicyclic) bond motifs is 1. The van der Waals surface area contributed by atoms with E-state index in [0.29, 0.717) is 29.4 Å². The van der Waals surface area contributed by atoms with Gasteiger partial charge in [0.15, 0.2) is 0 Å². The molecule has 0 unspecified atom stereocenters. The first-order valence-electron chi connectivity index (χ1n) is 12.2. The van der Waals surface area contributed by atoms with Crippen molar-refractivity contribution in [1.82, 2.24) is 0 Å². The van der Waals surface area contributed by atoms with E-state index in [0.717, 1.165) is 12.8 Å². The summed E-state index contributed by atoms with van der Waals surface area (Å²) in [5.74, 6) is 2.79. The molecule has 0 heterocycles. The summed E-state index contributed by atoms with van der Waals surface area (Å²) in [6.07, 6.45) is 5.82. The fraction of sp³-hybridized carbons (Fsp3) is 0.786. The Labute approximate surface area is 181 Å². The van der Waals surface area contributed by atoms with Crippen molar-refractivity contribution in [3.63, 3.8) is 0 Å². The highest BCUT2D eigenvalue weighted by atomic mass is 16.3. The number of phenols is 1. The van der Waals surface area contributed by atoms with Crippen LogP contribution in [-0.2, 0) is 23.7 Å². The summed E-state index contributed by atoms with van der Waals surface area (Å²) in [6.45, 7) is 26.0. The Morgan fingerprint density at radius 2 is 1.24 bits per heavy atom. The summed E-state index contributed by atoms with van der Waals surface area (Å²) in [5, 5.41) is 11.5. The van der Waals surface area contributed by atoms with Gasteiger partial charge in [0, 0.05) is 11.0 Å². The molecular weight excluding hydrogens is 352 g/mol. The van der Waals surface area contributed by atoms with E-state index in [2.05, 4.69) is 76.2 Å². The quantitative estimate of drug-likeness (QED) is 0.509. The summed E-state index contributed by atoms with van der Waals surface area (Å²) in [6, 6.07) is 0. The molecule has 0 radical (unpaired) electrons. The van der Waals surface area contributed by atoms with Crippen LogP contribution in [0, 0.1) is 17.8 Å². The lowest BCUT2D eigenvalue weighted by atomic mass is 9.56. The van der Waals surface area contributed by atoms with E-state index >= 15 is 0 Å². The Balaban J connectivity index is 3.12. The van der Waals surface area contributed by atoms with E-state index in [-0.39, 0.29) is 10.8 Å². The average Bonchev–Trinajstić information content (AvgIpc) is 2.57. The van der Waals surface area contributed by atoms with Crippen LogP contribution in [0.15, 0.2) is 0 Å². The second-order valence-corrected chi connectivity index (χ2v) is 12.0. The summed E-state index contributed by atoms with van der Waals surface area (Å²) in [4.78, 5) is 0. The van der Waals surface area contributed by atoms with Crippen molar-refractivity contribution in [3.05, 3.63) is 27.8 Å². The smallest absolute Gasteiger partial charge is 0.123 e. The van der Waals surface area contributed by atoms with E-state index < -0.39 is 0 Å². The highest BCUT2D eigenvalue weighted by molar-refractivity contribution is 5.62. The molecule has 0 aromatic heterocycles. The largest absolute Gasteiger partial charge is 0.507 e. The maximum atomic E-state index is 11.5. The molecule has 1 heteroatoms. The molecule has 0 spiro atoms. The van der Waals surface area contributed by atoms with Gasteiger partial charge in [0.05, 0.1) is 0 Å². The van der Waals surface area contributed by atoms with Crippen molar-refractivity contribution in [1.29, 1.82) is 0 Å². The molecule has 1 aromatic rings. The van der Waals surface area contributed by atoms with Gasteiger partial charge < -0.3 is 5.11 Å². The maximum Gasteiger partial charge on any atom is 0.123 e. The summed E-state index contributed by atoms with van der Waals surface area (Å²) in [5.41, 5.74) is 7.16. The third-order valence-electron chi connectivity index (χ3n) is 7.43. The van der Waals surface area contributed by atoms with Crippen molar-refractivity contribution < 1.29 is 5.11 Å². The molecule has 0 amide bonds. The first kappa shape index (κ1) is 24.3. The predicted octanol–water partition coefficient (Wildman–Crippen LogP) is 8.29. The van der Waals surface area contributed by atoms with Gasteiger partial charge in [0.25, 0.3) is 0 Å². The molecule has 0 saturated carbocycles. The first-order chi connectivity index (χ1) is 13.3. The van der Waals surface area contributed by atoms with Crippen LogP contribution in [0.2, 0.25) is 0 Å².